The molecule has 6 heterocycles. The Labute approximate surface area is 240 Å². The Balaban J connectivity index is 1.06. The van der Waals surface area contributed by atoms with E-state index in [4.69, 9.17) is 23.9 Å². The highest BCUT2D eigenvalue weighted by atomic mass is 32.1. The number of hydrogen-bond donors (Lipinski definition) is 0. The van der Waals surface area contributed by atoms with Gasteiger partial charge >= 0.3 is 5.97 Å². The fourth-order valence-electron chi connectivity index (χ4n) is 5.83. The van der Waals surface area contributed by atoms with E-state index in [2.05, 4.69) is 26.6 Å². The lowest BCUT2D eigenvalue weighted by atomic mass is 9.88. The van der Waals surface area contributed by atoms with Crippen molar-refractivity contribution < 1.29 is 23.7 Å². The van der Waals surface area contributed by atoms with Crippen LogP contribution in [0.3, 0.4) is 0 Å². The van der Waals surface area contributed by atoms with E-state index in [9.17, 15) is 4.79 Å². The van der Waals surface area contributed by atoms with E-state index in [1.54, 1.807) is 16.8 Å². The predicted octanol–water partition coefficient (Wildman–Crippen LogP) is 5.54. The number of piperidine rings is 1. The molecule has 2 fully saturated rings. The van der Waals surface area contributed by atoms with Crippen LogP contribution in [-0.4, -0.2) is 57.8 Å². The summed E-state index contributed by atoms with van der Waals surface area (Å²) in [5, 5.41) is 1.98. The lowest BCUT2D eigenvalue weighted by Crippen LogP contribution is -2.35. The third-order valence-electron chi connectivity index (χ3n) is 8.08. The number of aromatic nitrogens is 3. The quantitative estimate of drug-likeness (QED) is 0.251. The molecule has 0 bridgehead atoms. The number of fused-ring (bicyclic) bond motifs is 2. The molecule has 3 aromatic heterocycles. The fourth-order valence-corrected chi connectivity index (χ4v) is 7.42. The molecule has 0 saturated carbocycles. The van der Waals surface area contributed by atoms with Gasteiger partial charge in [-0.15, -0.1) is 22.7 Å². The Bertz CT molecular complexity index is 1520. The Morgan fingerprint density at radius 3 is 2.80 bits per heavy atom. The zero-order valence-electron chi connectivity index (χ0n) is 22.6. The maximum Gasteiger partial charge on any atom is 0.348 e. The van der Waals surface area contributed by atoms with Gasteiger partial charge in [0.1, 0.15) is 21.2 Å². The summed E-state index contributed by atoms with van der Waals surface area (Å²) in [6, 6.07) is 8.15. The molecule has 2 atom stereocenters. The van der Waals surface area contributed by atoms with Crippen molar-refractivity contribution >= 4 is 39.0 Å². The maximum absolute atomic E-state index is 12.3. The second-order valence-corrected chi connectivity index (χ2v) is 12.4. The molecule has 0 aliphatic carbocycles. The first kappa shape index (κ1) is 25.9. The molecule has 4 aromatic rings. The van der Waals surface area contributed by atoms with E-state index in [0.29, 0.717) is 17.4 Å². The largest absolute Gasteiger partial charge is 0.462 e. The monoisotopic (exact) mass is 580 g/mol. The number of carbonyl (C=O) groups is 1. The van der Waals surface area contributed by atoms with Gasteiger partial charge in [0.25, 0.3) is 5.79 Å². The second kappa shape index (κ2) is 10.4. The summed E-state index contributed by atoms with van der Waals surface area (Å²) in [5.41, 5.74) is 4.81. The third-order valence-corrected chi connectivity index (χ3v) is 9.67. The van der Waals surface area contributed by atoms with Gasteiger partial charge in [-0.2, -0.15) is 0 Å². The molecule has 11 heteroatoms. The number of rotatable bonds is 8. The topological polar surface area (TPSA) is 87.9 Å². The minimum atomic E-state index is -0.889. The van der Waals surface area contributed by atoms with Crippen molar-refractivity contribution in [2.75, 3.05) is 26.3 Å². The smallest absolute Gasteiger partial charge is 0.348 e. The first-order valence-electron chi connectivity index (χ1n) is 13.9. The SMILES string of the molecule is CCOC(=O)c1cc2c(nc(CN3CCC(c4cccc5c4O[C@](C)(c4cscn4)O5)CC3)n2C[C@@H]2CCO2)s1. The van der Waals surface area contributed by atoms with Gasteiger partial charge < -0.3 is 23.5 Å². The molecule has 2 saturated heterocycles. The molecule has 0 N–H and O–H groups in total. The van der Waals surface area contributed by atoms with Gasteiger partial charge in [0.2, 0.25) is 0 Å². The number of esters is 1. The number of ether oxygens (including phenoxy) is 4. The standard InChI is InChI=1S/C29H32N4O5S2/c1-3-35-28(34)23-13-21-27(40-23)31-25(33(21)14-19-9-12-36-19)15-32-10-7-18(8-11-32)20-5-4-6-22-26(20)38-29(2,37-22)24-16-39-17-30-24/h4-6,13,16-19H,3,7-12,14-15H2,1-2H3/t19-,29+/m0/s1. The van der Waals surface area contributed by atoms with Crippen LogP contribution in [0.4, 0.5) is 0 Å². The van der Waals surface area contributed by atoms with Crippen molar-refractivity contribution in [3.63, 3.8) is 0 Å². The van der Waals surface area contributed by atoms with Crippen molar-refractivity contribution in [2.45, 2.75) is 64.0 Å². The average Bonchev–Trinajstić information content (AvgIpc) is 3.70. The van der Waals surface area contributed by atoms with Crippen LogP contribution in [0.1, 0.15) is 65.8 Å². The third kappa shape index (κ3) is 4.68. The number of imidazole rings is 1. The molecule has 0 amide bonds. The summed E-state index contributed by atoms with van der Waals surface area (Å²) >= 11 is 2.95. The molecular weight excluding hydrogens is 548 g/mol. The number of nitrogens with zero attached hydrogens (tertiary/aromatic N) is 4. The fraction of sp³-hybridized carbons (Fsp3) is 0.483. The Morgan fingerprint density at radius 2 is 2.08 bits per heavy atom. The number of likely N-dealkylation sites (tertiary alicyclic amines) is 1. The average molecular weight is 581 g/mol. The number of hydrogen-bond acceptors (Lipinski definition) is 10. The van der Waals surface area contributed by atoms with Crippen molar-refractivity contribution in [1.82, 2.24) is 19.4 Å². The van der Waals surface area contributed by atoms with E-state index in [1.807, 2.05) is 31.4 Å². The molecule has 1 aromatic carbocycles. The molecule has 0 spiro atoms. The van der Waals surface area contributed by atoms with E-state index in [0.717, 1.165) is 85.4 Å². The highest BCUT2D eigenvalue weighted by Crippen LogP contribution is 2.49. The lowest BCUT2D eigenvalue weighted by Gasteiger charge is -2.33. The lowest BCUT2D eigenvalue weighted by molar-refractivity contribution is -0.0717. The second-order valence-electron chi connectivity index (χ2n) is 10.7. The number of thiazole rings is 1. The predicted molar refractivity (Wildman–Crippen MR) is 152 cm³/mol. The van der Waals surface area contributed by atoms with Gasteiger partial charge in [-0.1, -0.05) is 12.1 Å². The van der Waals surface area contributed by atoms with Gasteiger partial charge in [-0.05, 0) is 57.3 Å². The Hall–Kier alpha value is -2.99. The maximum atomic E-state index is 12.3. The molecule has 7 rings (SSSR count). The number of thiophene rings is 1. The molecule has 3 aliphatic rings. The van der Waals surface area contributed by atoms with E-state index < -0.39 is 5.79 Å². The summed E-state index contributed by atoms with van der Waals surface area (Å²) in [6.07, 6.45) is 3.31. The highest BCUT2D eigenvalue weighted by Gasteiger charge is 2.42. The van der Waals surface area contributed by atoms with Crippen molar-refractivity contribution in [1.29, 1.82) is 0 Å². The van der Waals surface area contributed by atoms with E-state index >= 15 is 0 Å². The van der Waals surface area contributed by atoms with Gasteiger partial charge in [-0.3, -0.25) is 4.90 Å². The van der Waals surface area contributed by atoms with Crippen LogP contribution in [-0.2, 0) is 28.4 Å². The minimum Gasteiger partial charge on any atom is -0.462 e. The molecule has 0 unspecified atom stereocenters. The zero-order valence-corrected chi connectivity index (χ0v) is 24.3. The van der Waals surface area contributed by atoms with Crippen molar-refractivity contribution in [3.8, 4) is 11.5 Å². The Kier molecular flexibility index (Phi) is 6.77. The summed E-state index contributed by atoms with van der Waals surface area (Å²) in [4.78, 5) is 25.7. The van der Waals surface area contributed by atoms with Crippen LogP contribution >= 0.6 is 22.7 Å². The van der Waals surface area contributed by atoms with Gasteiger partial charge in [0, 0.05) is 24.5 Å². The van der Waals surface area contributed by atoms with E-state index in [1.165, 1.54) is 16.9 Å². The normalized spacial score (nSPS) is 23.0. The zero-order chi connectivity index (χ0) is 27.3. The van der Waals surface area contributed by atoms with Gasteiger partial charge in [-0.25, -0.2) is 14.8 Å². The molecule has 40 heavy (non-hydrogen) atoms. The first-order chi connectivity index (χ1) is 19.5. The van der Waals surface area contributed by atoms with Crippen molar-refractivity contribution in [3.05, 3.63) is 57.1 Å². The first-order valence-corrected chi connectivity index (χ1v) is 15.7. The highest BCUT2D eigenvalue weighted by molar-refractivity contribution is 7.20. The van der Waals surface area contributed by atoms with Crippen LogP contribution in [0, 0.1) is 0 Å². The van der Waals surface area contributed by atoms with Gasteiger partial charge in [0.15, 0.2) is 11.5 Å². The number of para-hydroxylation sites is 1. The summed E-state index contributed by atoms with van der Waals surface area (Å²) < 4.78 is 25.9. The van der Waals surface area contributed by atoms with Crippen molar-refractivity contribution in [2.24, 2.45) is 0 Å². The van der Waals surface area contributed by atoms with Crippen LogP contribution in [0.15, 0.2) is 35.2 Å². The molecule has 0 radical (unpaired) electrons. The van der Waals surface area contributed by atoms with Crippen LogP contribution < -0.4 is 9.47 Å². The summed E-state index contributed by atoms with van der Waals surface area (Å²) in [5.74, 6) is 1.89. The Morgan fingerprint density at radius 1 is 1.23 bits per heavy atom. The van der Waals surface area contributed by atoms with Crippen LogP contribution in [0.2, 0.25) is 0 Å². The number of carbonyl (C=O) groups excluding carboxylic acids is 1. The van der Waals surface area contributed by atoms with Crippen LogP contribution in [0.25, 0.3) is 10.3 Å². The molecular formula is C29H32N4O5S2. The number of benzene rings is 1. The van der Waals surface area contributed by atoms with Gasteiger partial charge in [0.05, 0.1) is 36.8 Å². The summed E-state index contributed by atoms with van der Waals surface area (Å²) in [6.45, 7) is 8.39. The molecule has 3 aliphatic heterocycles. The summed E-state index contributed by atoms with van der Waals surface area (Å²) in [7, 11) is 0. The molecule has 210 valence electrons. The van der Waals surface area contributed by atoms with Crippen LogP contribution in [0.5, 0.6) is 11.5 Å². The minimum absolute atomic E-state index is 0.199. The molecule has 9 nitrogen and oxygen atoms in total. The van der Waals surface area contributed by atoms with E-state index in [-0.39, 0.29) is 12.1 Å².